The van der Waals surface area contributed by atoms with Gasteiger partial charge >= 0.3 is 5.69 Å². The Morgan fingerprint density at radius 3 is 2.52 bits per heavy atom. The van der Waals surface area contributed by atoms with Gasteiger partial charge in [0.05, 0.1) is 12.1 Å². The lowest BCUT2D eigenvalue weighted by Gasteiger charge is -2.20. The zero-order chi connectivity index (χ0) is 21.0. The van der Waals surface area contributed by atoms with E-state index in [4.69, 9.17) is 5.73 Å². The molecule has 2 heterocycles. The van der Waals surface area contributed by atoms with Gasteiger partial charge in [-0.2, -0.15) is 0 Å². The van der Waals surface area contributed by atoms with E-state index in [1.165, 1.54) is 5.56 Å². The molecule has 0 aliphatic heterocycles. The predicted molar refractivity (Wildman–Crippen MR) is 120 cm³/mol. The van der Waals surface area contributed by atoms with Crippen LogP contribution in [0, 0.1) is 0 Å². The van der Waals surface area contributed by atoms with Crippen molar-refractivity contribution in [3.05, 3.63) is 51.9 Å². The summed E-state index contributed by atoms with van der Waals surface area (Å²) in [6, 6.07) is 10.2. The van der Waals surface area contributed by atoms with Crippen molar-refractivity contribution in [2.75, 3.05) is 17.6 Å². The average molecular weight is 397 g/mol. The van der Waals surface area contributed by atoms with Crippen LogP contribution >= 0.6 is 0 Å². The van der Waals surface area contributed by atoms with Crippen LogP contribution in [0.1, 0.15) is 51.7 Å². The minimum absolute atomic E-state index is 0.0762. The molecule has 0 amide bonds. The summed E-state index contributed by atoms with van der Waals surface area (Å²) in [6.07, 6.45) is 2.15. The molecule has 2 aromatic heterocycles. The van der Waals surface area contributed by atoms with E-state index in [2.05, 4.69) is 72.6 Å². The third kappa shape index (κ3) is 5.38. The highest BCUT2D eigenvalue weighted by atomic mass is 16.1. The van der Waals surface area contributed by atoms with Gasteiger partial charge in [0.1, 0.15) is 11.3 Å². The van der Waals surface area contributed by atoms with Gasteiger partial charge in [-0.25, -0.2) is 9.78 Å². The fourth-order valence-corrected chi connectivity index (χ4v) is 3.13. The van der Waals surface area contributed by atoms with Crippen LogP contribution in [0.2, 0.25) is 0 Å². The molecule has 1 aromatic carbocycles. The SMILES string of the molecule is CCCCNc1cc2c([nH]c(=O)n2Cc2ccc(CNC(C)(C)C)cc2)c(N)n1. The van der Waals surface area contributed by atoms with Crippen molar-refractivity contribution in [1.29, 1.82) is 0 Å². The van der Waals surface area contributed by atoms with Gasteiger partial charge in [-0.05, 0) is 38.3 Å². The van der Waals surface area contributed by atoms with Crippen molar-refractivity contribution >= 4 is 22.7 Å². The maximum Gasteiger partial charge on any atom is 0.326 e. The number of nitrogens with one attached hydrogen (secondary N) is 3. The Morgan fingerprint density at radius 1 is 1.17 bits per heavy atom. The summed E-state index contributed by atoms with van der Waals surface area (Å²) in [5.41, 5.74) is 9.60. The molecule has 156 valence electrons. The molecule has 3 rings (SSSR count). The molecule has 0 atom stereocenters. The molecular weight excluding hydrogens is 364 g/mol. The maximum atomic E-state index is 12.5. The Morgan fingerprint density at radius 2 is 1.86 bits per heavy atom. The third-order valence-corrected chi connectivity index (χ3v) is 4.82. The van der Waals surface area contributed by atoms with Gasteiger partial charge in [-0.15, -0.1) is 0 Å². The molecule has 0 radical (unpaired) electrons. The van der Waals surface area contributed by atoms with Gasteiger partial charge in [-0.1, -0.05) is 37.6 Å². The number of pyridine rings is 1. The van der Waals surface area contributed by atoms with Crippen LogP contribution in [-0.2, 0) is 13.1 Å². The number of aromatic nitrogens is 3. The normalized spacial score (nSPS) is 11.9. The van der Waals surface area contributed by atoms with Crippen molar-refractivity contribution < 1.29 is 0 Å². The van der Waals surface area contributed by atoms with Crippen molar-refractivity contribution in [2.24, 2.45) is 0 Å². The summed E-state index contributed by atoms with van der Waals surface area (Å²) in [5, 5.41) is 6.77. The van der Waals surface area contributed by atoms with Gasteiger partial charge in [-0.3, -0.25) is 4.57 Å². The molecule has 0 unspecified atom stereocenters. The van der Waals surface area contributed by atoms with Crippen LogP contribution in [0.25, 0.3) is 11.0 Å². The van der Waals surface area contributed by atoms with Crippen LogP contribution in [0.15, 0.2) is 35.1 Å². The summed E-state index contributed by atoms with van der Waals surface area (Å²) in [7, 11) is 0. The molecule has 0 bridgehead atoms. The first kappa shape index (κ1) is 20.9. The molecule has 0 saturated carbocycles. The summed E-state index contributed by atoms with van der Waals surface area (Å²) in [6.45, 7) is 10.7. The minimum Gasteiger partial charge on any atom is -0.382 e. The first-order valence-electron chi connectivity index (χ1n) is 10.2. The van der Waals surface area contributed by atoms with Crippen LogP contribution < -0.4 is 22.1 Å². The van der Waals surface area contributed by atoms with E-state index in [9.17, 15) is 4.79 Å². The summed E-state index contributed by atoms with van der Waals surface area (Å²) >= 11 is 0. The predicted octanol–water partition coefficient (Wildman–Crippen LogP) is 3.46. The second-order valence-electron chi connectivity index (χ2n) is 8.50. The number of aromatic amines is 1. The zero-order valence-corrected chi connectivity index (χ0v) is 17.8. The molecule has 3 aromatic rings. The number of hydrogen-bond acceptors (Lipinski definition) is 5. The molecule has 29 heavy (non-hydrogen) atoms. The van der Waals surface area contributed by atoms with Gasteiger partial charge in [0.2, 0.25) is 0 Å². The molecule has 0 spiro atoms. The molecule has 7 nitrogen and oxygen atoms in total. The Balaban J connectivity index is 1.82. The van der Waals surface area contributed by atoms with E-state index in [0.29, 0.717) is 23.7 Å². The molecular formula is C22H32N6O. The van der Waals surface area contributed by atoms with Gasteiger partial charge < -0.3 is 21.4 Å². The van der Waals surface area contributed by atoms with E-state index < -0.39 is 0 Å². The molecule has 5 N–H and O–H groups in total. The summed E-state index contributed by atoms with van der Waals surface area (Å²) in [4.78, 5) is 19.7. The van der Waals surface area contributed by atoms with Gasteiger partial charge in [0.15, 0.2) is 5.82 Å². The third-order valence-electron chi connectivity index (χ3n) is 4.82. The number of nitrogens with two attached hydrogens (primary N) is 1. The fourth-order valence-electron chi connectivity index (χ4n) is 3.13. The number of benzene rings is 1. The van der Waals surface area contributed by atoms with Gasteiger partial charge in [0.25, 0.3) is 0 Å². The van der Waals surface area contributed by atoms with E-state index >= 15 is 0 Å². The molecule has 7 heteroatoms. The first-order chi connectivity index (χ1) is 13.8. The Hall–Kier alpha value is -2.80. The summed E-state index contributed by atoms with van der Waals surface area (Å²) < 4.78 is 1.71. The lowest BCUT2D eigenvalue weighted by atomic mass is 10.1. The second kappa shape index (κ2) is 8.69. The lowest BCUT2D eigenvalue weighted by Crippen LogP contribution is -2.35. The van der Waals surface area contributed by atoms with E-state index in [-0.39, 0.29) is 11.2 Å². The maximum absolute atomic E-state index is 12.5. The van der Waals surface area contributed by atoms with Crippen LogP contribution in [-0.4, -0.2) is 26.6 Å². The zero-order valence-electron chi connectivity index (χ0n) is 17.8. The molecule has 0 aliphatic rings. The summed E-state index contributed by atoms with van der Waals surface area (Å²) in [5.74, 6) is 1.03. The number of fused-ring (bicyclic) bond motifs is 1. The smallest absolute Gasteiger partial charge is 0.326 e. The number of unbranched alkanes of at least 4 members (excludes halogenated alkanes) is 1. The van der Waals surface area contributed by atoms with E-state index in [1.807, 2.05) is 6.07 Å². The lowest BCUT2D eigenvalue weighted by molar-refractivity contribution is 0.424. The van der Waals surface area contributed by atoms with Crippen LogP contribution in [0.3, 0.4) is 0 Å². The topological polar surface area (TPSA) is 101 Å². The van der Waals surface area contributed by atoms with Crippen LogP contribution in [0.5, 0.6) is 0 Å². The van der Waals surface area contributed by atoms with E-state index in [0.717, 1.165) is 37.0 Å². The van der Waals surface area contributed by atoms with Crippen molar-refractivity contribution in [2.45, 2.75) is 59.2 Å². The van der Waals surface area contributed by atoms with Crippen molar-refractivity contribution in [1.82, 2.24) is 19.9 Å². The highest BCUT2D eigenvalue weighted by Crippen LogP contribution is 2.21. The number of hydrogen-bond donors (Lipinski definition) is 4. The van der Waals surface area contributed by atoms with E-state index in [1.54, 1.807) is 4.57 Å². The Bertz CT molecular complexity index is 1010. The number of imidazole rings is 1. The number of H-pyrrole nitrogens is 1. The van der Waals surface area contributed by atoms with Gasteiger partial charge in [0, 0.05) is 24.7 Å². The first-order valence-corrected chi connectivity index (χ1v) is 10.2. The minimum atomic E-state index is -0.183. The highest BCUT2D eigenvalue weighted by molar-refractivity contribution is 5.87. The molecule has 0 fully saturated rings. The number of nitrogens with zero attached hydrogens (tertiary/aromatic N) is 2. The number of anilines is 2. The molecule has 0 saturated heterocycles. The standard InChI is InChI=1S/C22H32N6O/c1-5-6-11-24-18-12-17-19(20(23)26-18)27-21(29)28(17)14-16-9-7-15(8-10-16)13-25-22(2,3)4/h7-10,12,25H,5-6,11,13-14H2,1-4H3,(H,27,29)(H3,23,24,26). The Kier molecular flexibility index (Phi) is 6.27. The number of rotatable bonds is 8. The fraction of sp³-hybridized carbons (Fsp3) is 0.455. The average Bonchev–Trinajstić information content (AvgIpc) is 2.97. The highest BCUT2D eigenvalue weighted by Gasteiger charge is 2.13. The second-order valence-corrected chi connectivity index (χ2v) is 8.50. The number of nitrogen functional groups attached to an aromatic ring is 1. The Labute approximate surface area is 171 Å². The van der Waals surface area contributed by atoms with Crippen molar-refractivity contribution in [3.8, 4) is 0 Å². The van der Waals surface area contributed by atoms with Crippen molar-refractivity contribution in [3.63, 3.8) is 0 Å². The van der Waals surface area contributed by atoms with Crippen LogP contribution in [0.4, 0.5) is 11.6 Å². The largest absolute Gasteiger partial charge is 0.382 e. The molecule has 0 aliphatic carbocycles. The monoisotopic (exact) mass is 396 g/mol. The quantitative estimate of drug-likeness (QED) is 0.437.